The van der Waals surface area contributed by atoms with Gasteiger partial charge in [-0.25, -0.2) is 0 Å². The Hall–Kier alpha value is -3.17. The number of fused-ring (bicyclic) bond motifs is 1. The summed E-state index contributed by atoms with van der Waals surface area (Å²) in [7, 11) is 2.16. The van der Waals surface area contributed by atoms with Crippen LogP contribution in [0.5, 0.6) is 5.75 Å². The molecule has 5 aromatic rings. The number of likely N-dealkylation sites (N-methyl/N-ethyl adjacent to an activating group) is 1. The zero-order chi connectivity index (χ0) is 28.2. The third-order valence-corrected chi connectivity index (χ3v) is 8.41. The molecular weight excluding hydrogens is 602 g/mol. The van der Waals surface area contributed by atoms with Crippen LogP contribution >= 0.6 is 39.5 Å². The molecule has 2 heterocycles. The largest absolute Gasteiger partial charge is 0.491 e. The van der Waals surface area contributed by atoms with E-state index in [9.17, 15) is 0 Å². The van der Waals surface area contributed by atoms with Crippen molar-refractivity contribution < 1.29 is 9.15 Å². The Labute approximate surface area is 253 Å². The number of thiophene rings is 1. The lowest BCUT2D eigenvalue weighted by Gasteiger charge is -2.23. The molecule has 0 aliphatic heterocycles. The summed E-state index contributed by atoms with van der Waals surface area (Å²) in [5.74, 6) is 1.71. The van der Waals surface area contributed by atoms with Crippen molar-refractivity contribution in [2.75, 3.05) is 18.5 Å². The number of nitrogens with two attached hydrogens (primary N) is 1. The van der Waals surface area contributed by atoms with Gasteiger partial charge in [-0.2, -0.15) is 0 Å². The van der Waals surface area contributed by atoms with Crippen LogP contribution in [0.15, 0.2) is 93.1 Å². The van der Waals surface area contributed by atoms with E-state index in [1.165, 1.54) is 10.4 Å². The van der Waals surface area contributed by atoms with Crippen molar-refractivity contribution in [1.29, 1.82) is 0 Å². The molecule has 0 atom stereocenters. The molecule has 2 N–H and O–H groups in total. The summed E-state index contributed by atoms with van der Waals surface area (Å²) in [5.41, 5.74) is 11.1. The van der Waals surface area contributed by atoms with Crippen molar-refractivity contribution in [2.45, 2.75) is 32.9 Å². The van der Waals surface area contributed by atoms with Crippen LogP contribution in [-0.4, -0.2) is 29.7 Å². The van der Waals surface area contributed by atoms with E-state index in [2.05, 4.69) is 57.5 Å². The first-order valence-electron chi connectivity index (χ1n) is 13.2. The minimum atomic E-state index is 0.101. The van der Waals surface area contributed by atoms with Crippen LogP contribution in [0.1, 0.15) is 24.3 Å². The van der Waals surface area contributed by atoms with Gasteiger partial charge in [0.1, 0.15) is 17.1 Å². The number of thiocarbonyl (C=S) groups is 1. The number of rotatable bonds is 10. The van der Waals surface area contributed by atoms with Crippen LogP contribution < -0.4 is 15.4 Å². The number of anilines is 2. The maximum atomic E-state index is 6.47. The standard InChI is InChI=1S/C32H32BrN3O2S2/c1-21(2)37-26-12-9-24(10-13-26)36(32(34)39)25-11-14-30-29(18-25)28(31(38-30)22-7-5-4-6-8-22)15-16-35(3)19-27-17-23(33)20-40-27/h4-14,17-18,20-21H,15-16,19H2,1-3H3,(H2,34,39). The molecule has 0 radical (unpaired) electrons. The van der Waals surface area contributed by atoms with Crippen LogP contribution in [0.25, 0.3) is 22.3 Å². The fraction of sp³-hybridized carbons (Fsp3) is 0.219. The predicted molar refractivity (Wildman–Crippen MR) is 175 cm³/mol. The third kappa shape index (κ3) is 6.58. The zero-order valence-electron chi connectivity index (χ0n) is 22.8. The highest BCUT2D eigenvalue weighted by molar-refractivity contribution is 9.10. The first kappa shape index (κ1) is 28.4. The summed E-state index contributed by atoms with van der Waals surface area (Å²) in [6.45, 7) is 5.79. The van der Waals surface area contributed by atoms with E-state index in [1.807, 2.05) is 73.3 Å². The molecule has 0 aliphatic rings. The van der Waals surface area contributed by atoms with E-state index in [1.54, 1.807) is 11.3 Å². The van der Waals surface area contributed by atoms with Gasteiger partial charge >= 0.3 is 0 Å². The highest BCUT2D eigenvalue weighted by Gasteiger charge is 2.20. The van der Waals surface area contributed by atoms with Crippen LogP contribution in [0.3, 0.4) is 0 Å². The molecule has 5 nitrogen and oxygen atoms in total. The summed E-state index contributed by atoms with van der Waals surface area (Å²) in [6.07, 6.45) is 0.933. The van der Waals surface area contributed by atoms with Crippen molar-refractivity contribution in [3.63, 3.8) is 0 Å². The minimum Gasteiger partial charge on any atom is -0.491 e. The second-order valence-corrected chi connectivity index (χ2v) is 12.3. The Kier molecular flexibility index (Phi) is 8.90. The normalized spacial score (nSPS) is 11.4. The van der Waals surface area contributed by atoms with Gasteiger partial charge < -0.3 is 19.8 Å². The summed E-state index contributed by atoms with van der Waals surface area (Å²) in [4.78, 5) is 5.56. The Morgan fingerprint density at radius 3 is 2.40 bits per heavy atom. The topological polar surface area (TPSA) is 54.9 Å². The Morgan fingerprint density at radius 1 is 1.02 bits per heavy atom. The van der Waals surface area contributed by atoms with Gasteiger partial charge in [0.25, 0.3) is 0 Å². The number of ether oxygens (including phenoxy) is 1. The first-order chi connectivity index (χ1) is 19.3. The Morgan fingerprint density at radius 2 is 1.75 bits per heavy atom. The van der Waals surface area contributed by atoms with Gasteiger partial charge in [-0.15, -0.1) is 11.3 Å². The molecule has 0 amide bonds. The fourth-order valence-corrected chi connectivity index (χ4v) is 6.52. The molecule has 8 heteroatoms. The summed E-state index contributed by atoms with van der Waals surface area (Å²) < 4.78 is 13.4. The van der Waals surface area contributed by atoms with Gasteiger partial charge in [-0.05, 0) is 104 Å². The average Bonchev–Trinajstić information content (AvgIpc) is 3.51. The Bertz CT molecular complexity index is 1600. The third-order valence-electron chi connectivity index (χ3n) is 6.55. The molecule has 0 saturated heterocycles. The lowest BCUT2D eigenvalue weighted by Crippen LogP contribution is -2.31. The van der Waals surface area contributed by atoms with E-state index < -0.39 is 0 Å². The number of hydrogen-bond acceptors (Lipinski definition) is 5. The van der Waals surface area contributed by atoms with Gasteiger partial charge in [-0.3, -0.25) is 4.90 Å². The smallest absolute Gasteiger partial charge is 0.175 e. The van der Waals surface area contributed by atoms with Gasteiger partial charge in [0.15, 0.2) is 5.11 Å². The monoisotopic (exact) mass is 633 g/mol. The lowest BCUT2D eigenvalue weighted by molar-refractivity contribution is 0.242. The van der Waals surface area contributed by atoms with Gasteiger partial charge in [0, 0.05) is 55.7 Å². The van der Waals surface area contributed by atoms with E-state index in [0.717, 1.165) is 63.4 Å². The average molecular weight is 635 g/mol. The molecule has 0 bridgehead atoms. The summed E-state index contributed by atoms with van der Waals surface area (Å²) in [5, 5.41) is 3.46. The highest BCUT2D eigenvalue weighted by atomic mass is 79.9. The maximum absolute atomic E-state index is 6.47. The molecule has 0 unspecified atom stereocenters. The molecule has 0 fully saturated rings. The SMILES string of the molecule is CC(C)Oc1ccc(N(C(N)=S)c2ccc3oc(-c4ccccc4)c(CCN(C)Cc4cc(Br)cs4)c3c2)cc1. The highest BCUT2D eigenvalue weighted by Crippen LogP contribution is 2.38. The molecule has 206 valence electrons. The minimum absolute atomic E-state index is 0.101. The van der Waals surface area contributed by atoms with Crippen molar-refractivity contribution in [1.82, 2.24) is 4.90 Å². The van der Waals surface area contributed by atoms with E-state index in [-0.39, 0.29) is 11.2 Å². The number of furan rings is 1. The van der Waals surface area contributed by atoms with Gasteiger partial charge in [-0.1, -0.05) is 30.3 Å². The summed E-state index contributed by atoms with van der Waals surface area (Å²) in [6, 6.07) is 26.5. The Balaban J connectivity index is 1.50. The van der Waals surface area contributed by atoms with Crippen LogP contribution in [-0.2, 0) is 13.0 Å². The van der Waals surface area contributed by atoms with Crippen LogP contribution in [0.4, 0.5) is 11.4 Å². The molecule has 0 spiro atoms. The molecule has 5 rings (SSSR count). The number of nitrogens with zero attached hydrogens (tertiary/aromatic N) is 2. The van der Waals surface area contributed by atoms with E-state index in [4.69, 9.17) is 27.1 Å². The van der Waals surface area contributed by atoms with Crippen molar-refractivity contribution >= 4 is 66.9 Å². The molecule has 3 aromatic carbocycles. The quantitative estimate of drug-likeness (QED) is 0.155. The number of hydrogen-bond donors (Lipinski definition) is 1. The molecule has 0 aliphatic carbocycles. The number of halogens is 1. The van der Waals surface area contributed by atoms with Crippen LogP contribution in [0.2, 0.25) is 0 Å². The molecule has 2 aromatic heterocycles. The predicted octanol–water partition coefficient (Wildman–Crippen LogP) is 8.77. The molecule has 0 saturated carbocycles. The van der Waals surface area contributed by atoms with Crippen molar-refractivity contribution in [3.8, 4) is 17.1 Å². The summed E-state index contributed by atoms with van der Waals surface area (Å²) >= 11 is 10.8. The fourth-order valence-electron chi connectivity index (χ4n) is 4.78. The number of benzene rings is 3. The van der Waals surface area contributed by atoms with E-state index >= 15 is 0 Å². The van der Waals surface area contributed by atoms with Crippen LogP contribution in [0, 0.1) is 0 Å². The first-order valence-corrected chi connectivity index (χ1v) is 15.2. The second kappa shape index (κ2) is 12.6. The van der Waals surface area contributed by atoms with Gasteiger partial charge in [0.2, 0.25) is 0 Å². The van der Waals surface area contributed by atoms with E-state index in [0.29, 0.717) is 0 Å². The van der Waals surface area contributed by atoms with Crippen molar-refractivity contribution in [2.24, 2.45) is 5.73 Å². The van der Waals surface area contributed by atoms with Gasteiger partial charge in [0.05, 0.1) is 6.10 Å². The lowest BCUT2D eigenvalue weighted by atomic mass is 10.0. The maximum Gasteiger partial charge on any atom is 0.175 e. The zero-order valence-corrected chi connectivity index (χ0v) is 26.0. The molecule has 40 heavy (non-hydrogen) atoms. The second-order valence-electron chi connectivity index (χ2n) is 10.0. The molecular formula is C32H32BrN3O2S2. The van der Waals surface area contributed by atoms with Crippen molar-refractivity contribution in [3.05, 3.63) is 99.2 Å².